The molecule has 0 saturated heterocycles. The monoisotopic (exact) mass is 755 g/mol. The van der Waals surface area contributed by atoms with Gasteiger partial charge < -0.3 is 9.47 Å². The third kappa shape index (κ3) is 5.18. The quantitative estimate of drug-likeness (QED) is 0.168. The summed E-state index contributed by atoms with van der Waals surface area (Å²) in [6.45, 7) is 4.57. The van der Waals surface area contributed by atoms with Gasteiger partial charge in [-0.15, -0.1) is 0 Å². The van der Waals surface area contributed by atoms with Crippen molar-refractivity contribution in [2.24, 2.45) is 0 Å². The van der Waals surface area contributed by atoms with E-state index in [-0.39, 0.29) is 5.41 Å². The van der Waals surface area contributed by atoms with E-state index in [1.54, 1.807) is 0 Å². The summed E-state index contributed by atoms with van der Waals surface area (Å²) in [5.41, 5.74) is 13.0. The summed E-state index contributed by atoms with van der Waals surface area (Å²) in [5, 5.41) is 7.52. The van der Waals surface area contributed by atoms with Crippen molar-refractivity contribution < 1.29 is 9.47 Å². The van der Waals surface area contributed by atoms with Crippen molar-refractivity contribution in [3.63, 3.8) is 0 Å². The molecule has 1 aromatic heterocycles. The lowest BCUT2D eigenvalue weighted by atomic mass is 9.82. The Morgan fingerprint density at radius 3 is 1.68 bits per heavy atom. The Morgan fingerprint density at radius 2 is 0.932 bits per heavy atom. The van der Waals surface area contributed by atoms with Crippen LogP contribution in [0.1, 0.15) is 25.0 Å². The molecule has 0 spiro atoms. The van der Waals surface area contributed by atoms with E-state index < -0.39 is 0 Å². The fraction of sp³-hybridized carbons (Fsp3) is 0.0536. The van der Waals surface area contributed by atoms with E-state index in [0.717, 1.165) is 67.6 Å². The van der Waals surface area contributed by atoms with Crippen LogP contribution in [0.25, 0.3) is 88.2 Å². The normalized spacial score (nSPS) is 13.3. The lowest BCUT2D eigenvalue weighted by Gasteiger charge is -2.26. The predicted molar refractivity (Wildman–Crippen MR) is 243 cm³/mol. The summed E-state index contributed by atoms with van der Waals surface area (Å²) in [5.74, 6) is 2.97. The second-order valence-corrected chi connectivity index (χ2v) is 16.2. The van der Waals surface area contributed by atoms with Gasteiger partial charge in [0.15, 0.2) is 23.0 Å². The highest BCUT2D eigenvalue weighted by atomic mass is 16.6. The van der Waals surface area contributed by atoms with Crippen LogP contribution >= 0.6 is 0 Å². The Morgan fingerprint density at radius 1 is 0.356 bits per heavy atom. The van der Waals surface area contributed by atoms with E-state index in [1.165, 1.54) is 49.0 Å². The summed E-state index contributed by atoms with van der Waals surface area (Å²) < 4.78 is 13.5. The molecule has 278 valence electrons. The number of nitrogens with zero attached hydrogens (tertiary/aromatic N) is 1. The third-order valence-corrected chi connectivity index (χ3v) is 12.5. The molecule has 0 fully saturated rings. The van der Waals surface area contributed by atoms with Gasteiger partial charge in [-0.2, -0.15) is 0 Å². The number of aromatic nitrogens is 1. The highest BCUT2D eigenvalue weighted by molar-refractivity contribution is 6.25. The Labute approximate surface area is 342 Å². The predicted octanol–water partition coefficient (Wildman–Crippen LogP) is 15.4. The molecule has 3 heteroatoms. The number of rotatable bonds is 4. The summed E-state index contributed by atoms with van der Waals surface area (Å²) in [6, 6.07) is 67.0. The molecule has 0 amide bonds. The summed E-state index contributed by atoms with van der Waals surface area (Å²) >= 11 is 0. The number of hydrogen-bond donors (Lipinski definition) is 0. The molecule has 1 aliphatic carbocycles. The molecule has 0 radical (unpaired) electrons. The first-order chi connectivity index (χ1) is 29.0. The molecule has 1 aliphatic heterocycles. The van der Waals surface area contributed by atoms with Crippen LogP contribution < -0.4 is 9.47 Å². The van der Waals surface area contributed by atoms with Crippen LogP contribution in [0.2, 0.25) is 0 Å². The van der Waals surface area contributed by atoms with Gasteiger partial charge in [0.2, 0.25) is 0 Å². The van der Waals surface area contributed by atoms with Crippen LogP contribution in [0, 0.1) is 0 Å². The Bertz CT molecular complexity index is 3310. The summed E-state index contributed by atoms with van der Waals surface area (Å²) in [4.78, 5) is 5.30. The minimum atomic E-state index is -0.134. The molecule has 3 nitrogen and oxygen atoms in total. The molecule has 0 atom stereocenters. The number of benzene rings is 9. The average Bonchev–Trinajstić information content (AvgIpc) is 3.54. The van der Waals surface area contributed by atoms with Crippen molar-refractivity contribution in [2.45, 2.75) is 19.3 Å². The van der Waals surface area contributed by atoms with E-state index in [9.17, 15) is 0 Å². The lowest BCUT2D eigenvalue weighted by Crippen LogP contribution is -2.15. The van der Waals surface area contributed by atoms with Crippen molar-refractivity contribution in [3.05, 3.63) is 199 Å². The largest absolute Gasteiger partial charge is 0.449 e. The van der Waals surface area contributed by atoms with Crippen molar-refractivity contribution in [2.75, 3.05) is 0 Å². The van der Waals surface area contributed by atoms with Crippen LogP contribution in [0.5, 0.6) is 23.0 Å². The molecule has 2 aliphatic rings. The van der Waals surface area contributed by atoms with Crippen molar-refractivity contribution in [1.82, 2.24) is 4.98 Å². The third-order valence-electron chi connectivity index (χ3n) is 12.5. The van der Waals surface area contributed by atoms with Crippen molar-refractivity contribution >= 4 is 32.3 Å². The number of ether oxygens (including phenoxy) is 2. The van der Waals surface area contributed by atoms with Gasteiger partial charge in [-0.1, -0.05) is 172 Å². The maximum Gasteiger partial charge on any atom is 0.178 e. The fourth-order valence-corrected chi connectivity index (χ4v) is 9.59. The second kappa shape index (κ2) is 12.8. The van der Waals surface area contributed by atoms with Gasteiger partial charge in [0.1, 0.15) is 0 Å². The zero-order valence-electron chi connectivity index (χ0n) is 32.7. The topological polar surface area (TPSA) is 31.4 Å². The van der Waals surface area contributed by atoms with E-state index in [2.05, 4.69) is 190 Å². The van der Waals surface area contributed by atoms with Crippen molar-refractivity contribution in [3.8, 4) is 78.9 Å². The van der Waals surface area contributed by atoms with E-state index >= 15 is 0 Å². The number of fused-ring (bicyclic) bond motifs is 12. The molecule has 12 rings (SSSR count). The minimum Gasteiger partial charge on any atom is -0.449 e. The van der Waals surface area contributed by atoms with Gasteiger partial charge in [0.25, 0.3) is 0 Å². The second-order valence-electron chi connectivity index (χ2n) is 16.2. The van der Waals surface area contributed by atoms with E-state index in [4.69, 9.17) is 14.5 Å². The minimum absolute atomic E-state index is 0.134. The van der Waals surface area contributed by atoms with Crippen LogP contribution in [0.15, 0.2) is 188 Å². The standard InChI is InChI=1S/C56H37NO2/c1-56(2)47-21-11-10-19-45(47)53-48(56)29-30-52-55(53)59-54-39(20-12-22-51(54)58-52)35-25-23-34(24-26-35)38-32-49(36-13-4-3-5-14-36)57-50(33-38)37-27-28-44-42-17-7-6-15-40(42)41-16-8-9-18-43(41)46(44)31-37/h3-33H,1-2H3. The summed E-state index contributed by atoms with van der Waals surface area (Å²) in [7, 11) is 0. The number of pyridine rings is 1. The van der Waals surface area contributed by atoms with Crippen LogP contribution in [-0.2, 0) is 5.41 Å². The summed E-state index contributed by atoms with van der Waals surface area (Å²) in [6.07, 6.45) is 0. The molecule has 0 bridgehead atoms. The molecule has 2 heterocycles. The molecular formula is C56H37NO2. The highest BCUT2D eigenvalue weighted by Gasteiger charge is 2.39. The first-order valence-corrected chi connectivity index (χ1v) is 20.3. The number of para-hydroxylation sites is 1. The van der Waals surface area contributed by atoms with Gasteiger partial charge in [-0.25, -0.2) is 4.98 Å². The molecule has 9 aromatic carbocycles. The fourth-order valence-electron chi connectivity index (χ4n) is 9.59. The van der Waals surface area contributed by atoms with Crippen LogP contribution in [-0.4, -0.2) is 4.98 Å². The Hall–Kier alpha value is -7.49. The average molecular weight is 756 g/mol. The van der Waals surface area contributed by atoms with Crippen LogP contribution in [0.3, 0.4) is 0 Å². The van der Waals surface area contributed by atoms with Gasteiger partial charge in [-0.3, -0.25) is 0 Å². The zero-order chi connectivity index (χ0) is 39.2. The highest BCUT2D eigenvalue weighted by Crippen LogP contribution is 2.59. The maximum atomic E-state index is 6.95. The molecule has 59 heavy (non-hydrogen) atoms. The lowest BCUT2D eigenvalue weighted by molar-refractivity contribution is 0.361. The molecule has 0 N–H and O–H groups in total. The molecule has 0 saturated carbocycles. The van der Waals surface area contributed by atoms with Gasteiger partial charge in [0.05, 0.1) is 11.4 Å². The maximum absolute atomic E-state index is 6.95. The molecule has 0 unspecified atom stereocenters. The SMILES string of the molecule is CC1(C)c2ccccc2-c2c1ccc1c2Oc2c(cccc2-c2ccc(-c3cc(-c4ccccc4)nc(-c4ccc5c6ccccc6c6ccccc6c5c4)c3)cc2)O1. The van der Waals surface area contributed by atoms with E-state index in [0.29, 0.717) is 5.75 Å². The smallest absolute Gasteiger partial charge is 0.178 e. The molecule has 10 aromatic rings. The van der Waals surface area contributed by atoms with Crippen molar-refractivity contribution in [1.29, 1.82) is 0 Å². The Kier molecular flexibility index (Phi) is 7.27. The van der Waals surface area contributed by atoms with Gasteiger partial charge >= 0.3 is 0 Å². The molecular weight excluding hydrogens is 719 g/mol. The Balaban J connectivity index is 0.953. The van der Waals surface area contributed by atoms with Gasteiger partial charge in [-0.05, 0) is 96.0 Å². The first kappa shape index (κ1) is 33.6. The number of hydrogen-bond acceptors (Lipinski definition) is 3. The van der Waals surface area contributed by atoms with Crippen LogP contribution in [0.4, 0.5) is 0 Å². The van der Waals surface area contributed by atoms with Gasteiger partial charge in [0, 0.05) is 27.7 Å². The zero-order valence-corrected chi connectivity index (χ0v) is 32.7. The van der Waals surface area contributed by atoms with E-state index in [1.807, 2.05) is 12.1 Å². The first-order valence-electron chi connectivity index (χ1n) is 20.3.